The Kier molecular flexibility index (Phi) is 6.78. The Morgan fingerprint density at radius 2 is 1.88 bits per heavy atom. The van der Waals surface area contributed by atoms with Crippen molar-refractivity contribution < 1.29 is 18.3 Å². The molecule has 2 aromatic carbocycles. The van der Waals surface area contributed by atoms with Gasteiger partial charge < -0.3 is 20.3 Å². The monoisotopic (exact) mass is 584 g/mol. The summed E-state index contributed by atoms with van der Waals surface area (Å²) in [6, 6.07) is 12.5. The molecule has 5 heterocycles. The molecule has 0 saturated carbocycles. The molecule has 2 fully saturated rings. The van der Waals surface area contributed by atoms with Crippen LogP contribution in [0.15, 0.2) is 71.8 Å². The van der Waals surface area contributed by atoms with Gasteiger partial charge in [-0.3, -0.25) is 14.7 Å². The van der Waals surface area contributed by atoms with Crippen LogP contribution in [0.25, 0.3) is 16.7 Å². The predicted molar refractivity (Wildman–Crippen MR) is 155 cm³/mol. The topological polar surface area (TPSA) is 130 Å². The molecule has 2 aliphatic heterocycles. The minimum absolute atomic E-state index is 0.0565. The summed E-state index contributed by atoms with van der Waals surface area (Å²) in [6.45, 7) is 2.71. The summed E-state index contributed by atoms with van der Waals surface area (Å²) in [4.78, 5) is 32.5. The average molecular weight is 585 g/mol. The molecule has 11 nitrogen and oxygen atoms in total. The Morgan fingerprint density at radius 3 is 2.72 bits per heavy atom. The van der Waals surface area contributed by atoms with E-state index in [0.29, 0.717) is 34.4 Å². The summed E-state index contributed by atoms with van der Waals surface area (Å²) >= 11 is 0. The molecular weight excluding hydrogens is 558 g/mol. The first-order valence-corrected chi connectivity index (χ1v) is 13.9. The maximum absolute atomic E-state index is 15.3. The lowest BCUT2D eigenvalue weighted by atomic mass is 9.93. The molecule has 1 amide bonds. The summed E-state index contributed by atoms with van der Waals surface area (Å²) in [7, 11) is 0. The number of anilines is 2. The third-order valence-electron chi connectivity index (χ3n) is 7.93. The number of carbonyl (C=O) groups excluding carboxylic acids is 1. The lowest BCUT2D eigenvalue weighted by molar-refractivity contribution is 0.102. The Hall–Kier alpha value is -5.17. The molecule has 7 rings (SSSR count). The molecule has 43 heavy (non-hydrogen) atoms. The van der Waals surface area contributed by atoms with Crippen LogP contribution in [0.1, 0.15) is 23.2 Å². The normalized spacial score (nSPS) is 18.0. The number of H-pyrrole nitrogens is 1. The smallest absolute Gasteiger partial charge is 0.284 e. The van der Waals surface area contributed by atoms with E-state index < -0.39 is 23.1 Å². The number of nitrogens with one attached hydrogen (secondary N) is 3. The SMILES string of the molecule is O=C(Nc1ccc(Oc2ccnc3[nH]nc(N4CCC5NCCC5C4)c23)c(F)c1)c1ccnn(-c2ccc(F)cc2)c1=O. The largest absolute Gasteiger partial charge is 0.453 e. The lowest BCUT2D eigenvalue weighted by Gasteiger charge is -2.35. The zero-order valence-electron chi connectivity index (χ0n) is 22.8. The fraction of sp³-hybridized carbons (Fsp3) is 0.233. The van der Waals surface area contributed by atoms with E-state index in [1.165, 1.54) is 48.7 Å². The zero-order chi connectivity index (χ0) is 29.5. The van der Waals surface area contributed by atoms with Gasteiger partial charge in [0.1, 0.15) is 22.5 Å². The van der Waals surface area contributed by atoms with Crippen molar-refractivity contribution in [3.8, 4) is 17.2 Å². The number of piperidine rings is 1. The number of aromatic nitrogens is 5. The highest BCUT2D eigenvalue weighted by atomic mass is 19.1. The molecule has 218 valence electrons. The van der Waals surface area contributed by atoms with Crippen molar-refractivity contribution in [3.63, 3.8) is 0 Å². The third kappa shape index (κ3) is 5.07. The molecule has 2 unspecified atom stereocenters. The molecule has 3 aromatic heterocycles. The number of carbonyl (C=O) groups is 1. The molecule has 2 saturated heterocycles. The molecule has 2 aliphatic rings. The number of fused-ring (bicyclic) bond motifs is 2. The second-order valence-corrected chi connectivity index (χ2v) is 10.6. The highest BCUT2D eigenvalue weighted by Crippen LogP contribution is 2.38. The number of rotatable bonds is 6. The van der Waals surface area contributed by atoms with Crippen molar-refractivity contribution in [1.82, 2.24) is 30.3 Å². The molecule has 13 heteroatoms. The number of hydrogen-bond donors (Lipinski definition) is 3. The summed E-state index contributed by atoms with van der Waals surface area (Å²) in [5.41, 5.74) is 0.0188. The van der Waals surface area contributed by atoms with Gasteiger partial charge in [-0.25, -0.2) is 13.8 Å². The van der Waals surface area contributed by atoms with Gasteiger partial charge in [0, 0.05) is 49.3 Å². The standard InChI is InChI=1S/C30H26F2N8O3/c31-18-1-4-20(5-2-18)40-30(42)21(8-13-35-40)29(41)36-19-3-6-24(22(32)15-19)43-25-9-12-34-27-26(25)28(38-37-27)39-14-10-23-17(16-39)7-11-33-23/h1-6,8-9,12-13,15,17,23,33H,7,10-11,14,16H2,(H,36,41)(H,34,37,38). The molecule has 0 radical (unpaired) electrons. The van der Waals surface area contributed by atoms with Gasteiger partial charge in [-0.2, -0.15) is 14.9 Å². The van der Waals surface area contributed by atoms with Crippen molar-refractivity contribution in [2.24, 2.45) is 5.92 Å². The Morgan fingerprint density at radius 1 is 1.02 bits per heavy atom. The zero-order valence-corrected chi connectivity index (χ0v) is 22.8. The van der Waals surface area contributed by atoms with Gasteiger partial charge in [0.15, 0.2) is 23.0 Å². The van der Waals surface area contributed by atoms with Gasteiger partial charge in [0.25, 0.3) is 11.5 Å². The minimum Gasteiger partial charge on any atom is -0.453 e. The first-order chi connectivity index (χ1) is 20.9. The van der Waals surface area contributed by atoms with Crippen LogP contribution in [0.4, 0.5) is 20.3 Å². The van der Waals surface area contributed by atoms with Crippen LogP contribution in [0.2, 0.25) is 0 Å². The maximum Gasteiger partial charge on any atom is 0.284 e. The van der Waals surface area contributed by atoms with Gasteiger partial charge >= 0.3 is 0 Å². The quantitative estimate of drug-likeness (QED) is 0.273. The van der Waals surface area contributed by atoms with Crippen LogP contribution in [0.3, 0.4) is 0 Å². The molecule has 2 atom stereocenters. The van der Waals surface area contributed by atoms with Crippen LogP contribution in [0.5, 0.6) is 11.5 Å². The van der Waals surface area contributed by atoms with Crippen LogP contribution in [0, 0.1) is 17.6 Å². The van der Waals surface area contributed by atoms with E-state index in [9.17, 15) is 14.0 Å². The van der Waals surface area contributed by atoms with Crippen molar-refractivity contribution in [2.45, 2.75) is 18.9 Å². The average Bonchev–Trinajstić information content (AvgIpc) is 3.66. The van der Waals surface area contributed by atoms with Crippen molar-refractivity contribution in [3.05, 3.63) is 94.5 Å². The van der Waals surface area contributed by atoms with Crippen LogP contribution in [-0.4, -0.2) is 56.5 Å². The number of amides is 1. The van der Waals surface area contributed by atoms with Crippen molar-refractivity contribution >= 4 is 28.4 Å². The molecule has 0 spiro atoms. The van der Waals surface area contributed by atoms with Gasteiger partial charge in [-0.1, -0.05) is 0 Å². The van der Waals surface area contributed by atoms with E-state index in [-0.39, 0.29) is 17.0 Å². The highest BCUT2D eigenvalue weighted by molar-refractivity contribution is 6.04. The molecular formula is C30H26F2N8O3. The Labute approximate surface area is 243 Å². The second kappa shape index (κ2) is 10.9. The molecule has 5 aromatic rings. The summed E-state index contributed by atoms with van der Waals surface area (Å²) in [5.74, 6) is -0.342. The Bertz CT molecular complexity index is 1890. The highest BCUT2D eigenvalue weighted by Gasteiger charge is 2.34. The number of nitrogens with zero attached hydrogens (tertiary/aromatic N) is 5. The number of benzene rings is 2. The van der Waals surface area contributed by atoms with Crippen molar-refractivity contribution in [2.75, 3.05) is 29.9 Å². The molecule has 3 N–H and O–H groups in total. The molecule has 0 aliphatic carbocycles. The minimum atomic E-state index is -0.753. The molecule has 0 bridgehead atoms. The third-order valence-corrected chi connectivity index (χ3v) is 7.93. The van der Waals surface area contributed by atoms with E-state index in [4.69, 9.17) is 4.74 Å². The van der Waals surface area contributed by atoms with Gasteiger partial charge in [0.2, 0.25) is 0 Å². The lowest BCUT2D eigenvalue weighted by Crippen LogP contribution is -2.44. The number of hydrogen-bond acceptors (Lipinski definition) is 8. The number of aromatic amines is 1. The van der Waals surface area contributed by atoms with Gasteiger partial charge in [0.05, 0.1) is 5.69 Å². The number of ether oxygens (including phenoxy) is 1. The van der Waals surface area contributed by atoms with Gasteiger partial charge in [-0.05, 0) is 67.8 Å². The Balaban J connectivity index is 1.11. The van der Waals surface area contributed by atoms with Crippen molar-refractivity contribution in [1.29, 1.82) is 0 Å². The first kappa shape index (κ1) is 26.7. The summed E-state index contributed by atoms with van der Waals surface area (Å²) in [5, 5.41) is 18.2. The van der Waals surface area contributed by atoms with Crippen LogP contribution in [-0.2, 0) is 0 Å². The summed E-state index contributed by atoms with van der Waals surface area (Å²) < 4.78 is 35.6. The van der Waals surface area contributed by atoms with E-state index in [1.54, 1.807) is 12.3 Å². The van der Waals surface area contributed by atoms with Crippen LogP contribution < -0.4 is 25.8 Å². The fourth-order valence-corrected chi connectivity index (χ4v) is 5.79. The predicted octanol–water partition coefficient (Wildman–Crippen LogP) is 4.01. The van der Waals surface area contributed by atoms with E-state index in [0.717, 1.165) is 49.0 Å². The number of pyridine rings is 1. The number of halogens is 2. The van der Waals surface area contributed by atoms with E-state index in [1.807, 2.05) is 0 Å². The van der Waals surface area contributed by atoms with Crippen LogP contribution >= 0.6 is 0 Å². The van der Waals surface area contributed by atoms with E-state index >= 15 is 4.39 Å². The second-order valence-electron chi connectivity index (χ2n) is 10.6. The van der Waals surface area contributed by atoms with Gasteiger partial charge in [-0.15, -0.1) is 0 Å². The first-order valence-electron chi connectivity index (χ1n) is 13.9. The summed E-state index contributed by atoms with van der Waals surface area (Å²) in [6.07, 6.45) is 4.97. The van der Waals surface area contributed by atoms with E-state index in [2.05, 4.69) is 35.8 Å². The maximum atomic E-state index is 15.3. The fourth-order valence-electron chi connectivity index (χ4n) is 5.79.